The fourth-order valence-corrected chi connectivity index (χ4v) is 6.03. The number of anilines is 1. The molecule has 9 nitrogen and oxygen atoms in total. The van der Waals surface area contributed by atoms with Crippen molar-refractivity contribution in [3.63, 3.8) is 0 Å². The van der Waals surface area contributed by atoms with E-state index < -0.39 is 58.9 Å². The van der Waals surface area contributed by atoms with Crippen LogP contribution in [-0.2, 0) is 16.0 Å². The number of aliphatic hydroxyl groups is 1. The second-order valence-corrected chi connectivity index (χ2v) is 11.8. The lowest BCUT2D eigenvalue weighted by Gasteiger charge is -2.37. The highest BCUT2D eigenvalue weighted by molar-refractivity contribution is 8.25. The van der Waals surface area contributed by atoms with Crippen molar-refractivity contribution < 1.29 is 46.1 Å². The Morgan fingerprint density at radius 2 is 2.00 bits per heavy atom. The van der Waals surface area contributed by atoms with Gasteiger partial charge < -0.3 is 20.1 Å². The number of hydrogen-bond acceptors (Lipinski definition) is 7. The van der Waals surface area contributed by atoms with Crippen LogP contribution < -0.4 is 10.1 Å². The third-order valence-corrected chi connectivity index (χ3v) is 8.30. The maximum Gasteiger partial charge on any atom is 0.422 e. The second kappa shape index (κ2) is 11.3. The fourth-order valence-electron chi connectivity index (χ4n) is 4.69. The molecule has 0 bridgehead atoms. The topological polar surface area (TPSA) is 123 Å². The van der Waals surface area contributed by atoms with Crippen LogP contribution in [0, 0.1) is 5.82 Å². The van der Waals surface area contributed by atoms with E-state index in [1.54, 1.807) is 0 Å². The quantitative estimate of drug-likeness (QED) is 0.355. The molecule has 4 rings (SSSR count). The van der Waals surface area contributed by atoms with E-state index in [4.69, 9.17) is 4.74 Å². The van der Waals surface area contributed by atoms with Crippen LogP contribution in [0.15, 0.2) is 41.3 Å². The summed E-state index contributed by atoms with van der Waals surface area (Å²) in [5.41, 5.74) is 0.876. The molecule has 2 heterocycles. The summed E-state index contributed by atoms with van der Waals surface area (Å²) in [5.74, 6) is -2.60. The summed E-state index contributed by atoms with van der Waals surface area (Å²) >= 11 is 0. The number of benzene rings is 2. The number of alkyl halides is 3. The molecule has 0 spiro atoms. The average Bonchev–Trinajstić information content (AvgIpc) is 3.23. The van der Waals surface area contributed by atoms with Gasteiger partial charge in [-0.05, 0) is 41.8 Å². The smallest absolute Gasteiger partial charge is 0.422 e. The first-order valence-corrected chi connectivity index (χ1v) is 13.8. The molecule has 14 heteroatoms. The number of rotatable bonds is 8. The molecule has 214 valence electrons. The Labute approximate surface area is 223 Å². The number of aliphatic hydroxyl groups excluding tert-OH is 1. The number of ether oxygens (including phenoxy) is 1. The van der Waals surface area contributed by atoms with Crippen LogP contribution in [0.2, 0.25) is 0 Å². The molecule has 2 aromatic rings. The van der Waals surface area contributed by atoms with Gasteiger partial charge in [0.05, 0.1) is 29.1 Å². The number of amides is 2. The number of fused-ring (bicyclic) bond motifs is 1. The maximum atomic E-state index is 14.5. The zero-order valence-corrected chi connectivity index (χ0v) is 21.8. The molecular weight excluding hydrogens is 546 g/mol. The van der Waals surface area contributed by atoms with Crippen molar-refractivity contribution in [2.75, 3.05) is 44.4 Å². The van der Waals surface area contributed by atoms with Crippen LogP contribution >= 0.6 is 10.6 Å². The van der Waals surface area contributed by atoms with E-state index in [1.165, 1.54) is 36.2 Å². The third-order valence-electron chi connectivity index (χ3n) is 6.58. The Kier molecular flexibility index (Phi) is 8.42. The van der Waals surface area contributed by atoms with Crippen molar-refractivity contribution in [1.82, 2.24) is 9.80 Å². The number of likely N-dealkylation sites (tertiary alicyclic amines) is 1. The lowest BCUT2D eigenvalue weighted by molar-refractivity contribution is -0.153. The van der Waals surface area contributed by atoms with Crippen molar-refractivity contribution in [2.24, 2.45) is 0 Å². The molecule has 1 unspecified atom stereocenters. The van der Waals surface area contributed by atoms with E-state index in [0.717, 1.165) is 12.1 Å². The van der Waals surface area contributed by atoms with Gasteiger partial charge in [0.2, 0.25) is 11.8 Å². The van der Waals surface area contributed by atoms with Gasteiger partial charge in [0.25, 0.3) is 0 Å². The van der Waals surface area contributed by atoms with Crippen molar-refractivity contribution >= 4 is 28.1 Å². The highest BCUT2D eigenvalue weighted by Crippen LogP contribution is 2.53. The van der Waals surface area contributed by atoms with Crippen molar-refractivity contribution in [2.45, 2.75) is 36.1 Å². The zero-order chi connectivity index (χ0) is 28.5. The zero-order valence-electron chi connectivity index (χ0n) is 20.9. The Hall–Kier alpha value is -2.91. The van der Waals surface area contributed by atoms with Gasteiger partial charge in [0, 0.05) is 32.7 Å². The van der Waals surface area contributed by atoms with E-state index in [9.17, 15) is 41.4 Å². The van der Waals surface area contributed by atoms with Crippen LogP contribution in [0.5, 0.6) is 5.75 Å². The summed E-state index contributed by atoms with van der Waals surface area (Å²) in [7, 11) is -1.81. The number of halogens is 4. The van der Waals surface area contributed by atoms with Gasteiger partial charge in [-0.25, -0.2) is 4.39 Å². The minimum Gasteiger partial charge on any atom is -0.484 e. The van der Waals surface area contributed by atoms with Gasteiger partial charge in [0.15, 0.2) is 6.61 Å². The number of carbonyl (C=O) groups is 2. The van der Waals surface area contributed by atoms with Gasteiger partial charge in [-0.15, -0.1) is 0 Å². The van der Waals surface area contributed by atoms with E-state index >= 15 is 0 Å². The van der Waals surface area contributed by atoms with Crippen molar-refractivity contribution in [3.8, 4) is 5.75 Å². The standard InChI is InChI=1S/C25H29F4N3O6S/c1-31(24(35)7-15-2-3-22-20(6-15)30-23(34)13-39(22,36)37)21(12-32-5-4-18(33)11-32)16-8-17(26)10-19(9-16)38-14-25(27,28)29/h2-3,6,8-10,18,21,33,36-37H,4-5,7,11-14H2,1H3,(H,30,34)/t18?,21-/m1/s1. The normalized spacial score (nSPS) is 20.6. The van der Waals surface area contributed by atoms with E-state index in [-0.39, 0.29) is 34.9 Å². The van der Waals surface area contributed by atoms with Crippen LogP contribution in [0.25, 0.3) is 0 Å². The first-order valence-electron chi connectivity index (χ1n) is 12.0. The SMILES string of the molecule is CN(C(=O)Cc1ccc2c(c1)NC(=O)CS2(O)O)[C@H](CN1CCC(O)C1)c1cc(F)cc(OCC(F)(F)F)c1. The Morgan fingerprint density at radius 3 is 2.67 bits per heavy atom. The van der Waals surface area contributed by atoms with Gasteiger partial charge in [-0.3, -0.25) is 23.6 Å². The molecule has 2 aliphatic heterocycles. The third kappa shape index (κ3) is 7.39. The molecule has 2 aromatic carbocycles. The predicted molar refractivity (Wildman–Crippen MR) is 135 cm³/mol. The van der Waals surface area contributed by atoms with E-state index in [2.05, 4.69) is 5.32 Å². The fraction of sp³-hybridized carbons (Fsp3) is 0.440. The van der Waals surface area contributed by atoms with Gasteiger partial charge in [-0.1, -0.05) is 6.07 Å². The molecular formula is C25H29F4N3O6S. The van der Waals surface area contributed by atoms with Crippen molar-refractivity contribution in [3.05, 3.63) is 53.3 Å². The molecule has 1 saturated heterocycles. The molecule has 2 atom stereocenters. The Bertz CT molecular complexity index is 1240. The van der Waals surface area contributed by atoms with E-state index in [1.807, 2.05) is 4.90 Å². The summed E-state index contributed by atoms with van der Waals surface area (Å²) in [6, 6.07) is 6.87. The highest BCUT2D eigenvalue weighted by atomic mass is 32.3. The van der Waals surface area contributed by atoms with Gasteiger partial charge in [0.1, 0.15) is 17.3 Å². The molecule has 0 saturated carbocycles. The minimum absolute atomic E-state index is 0.162. The highest BCUT2D eigenvalue weighted by Gasteiger charge is 2.32. The van der Waals surface area contributed by atoms with Gasteiger partial charge in [-0.2, -0.15) is 23.8 Å². The molecule has 2 amide bonds. The summed E-state index contributed by atoms with van der Waals surface area (Å²) in [6.07, 6.45) is -4.84. The molecule has 2 aliphatic rings. The molecule has 0 radical (unpaired) electrons. The monoisotopic (exact) mass is 575 g/mol. The maximum absolute atomic E-state index is 14.5. The average molecular weight is 576 g/mol. The predicted octanol–water partition coefficient (Wildman–Crippen LogP) is 3.64. The van der Waals surface area contributed by atoms with Crippen LogP contribution in [0.1, 0.15) is 23.6 Å². The van der Waals surface area contributed by atoms with Crippen LogP contribution in [0.3, 0.4) is 0 Å². The number of nitrogens with one attached hydrogen (secondary N) is 1. The number of β-amino-alcohol motifs (C(OH)–C–C–N with tert-alkyl or cyclic N) is 1. The Balaban J connectivity index is 1.58. The van der Waals surface area contributed by atoms with Crippen LogP contribution in [0.4, 0.5) is 23.2 Å². The summed E-state index contributed by atoms with van der Waals surface area (Å²) in [6.45, 7) is -0.582. The molecule has 39 heavy (non-hydrogen) atoms. The Morgan fingerprint density at radius 1 is 1.26 bits per heavy atom. The number of carbonyl (C=O) groups excluding carboxylic acids is 2. The lowest BCUT2D eigenvalue weighted by atomic mass is 10.0. The summed E-state index contributed by atoms with van der Waals surface area (Å²) in [5, 5.41) is 12.5. The largest absolute Gasteiger partial charge is 0.484 e. The molecule has 4 N–H and O–H groups in total. The molecule has 0 aliphatic carbocycles. The number of hydrogen-bond donors (Lipinski definition) is 4. The summed E-state index contributed by atoms with van der Waals surface area (Å²) in [4.78, 5) is 28.6. The first-order chi connectivity index (χ1) is 18.2. The van der Waals surface area contributed by atoms with Crippen molar-refractivity contribution in [1.29, 1.82) is 0 Å². The molecule has 0 aromatic heterocycles. The van der Waals surface area contributed by atoms with Gasteiger partial charge >= 0.3 is 6.18 Å². The number of likely N-dealkylation sites (N-methyl/N-ethyl adjacent to an activating group) is 1. The number of nitrogens with zero attached hydrogens (tertiary/aromatic N) is 2. The second-order valence-electron chi connectivity index (χ2n) is 9.71. The lowest BCUT2D eigenvalue weighted by Crippen LogP contribution is -2.39. The first kappa shape index (κ1) is 29.1. The summed E-state index contributed by atoms with van der Waals surface area (Å²) < 4.78 is 77.6. The minimum atomic E-state index is -4.62. The van der Waals surface area contributed by atoms with E-state index in [0.29, 0.717) is 25.1 Å². The molecule has 1 fully saturated rings. The van der Waals surface area contributed by atoms with Crippen LogP contribution in [-0.4, -0.2) is 87.1 Å².